The van der Waals surface area contributed by atoms with Crippen molar-refractivity contribution in [1.29, 1.82) is 0 Å². The fourth-order valence-electron chi connectivity index (χ4n) is 3.67. The summed E-state index contributed by atoms with van der Waals surface area (Å²) in [7, 11) is 0. The highest BCUT2D eigenvalue weighted by Gasteiger charge is 2.39. The van der Waals surface area contributed by atoms with Crippen LogP contribution >= 0.6 is 0 Å². The van der Waals surface area contributed by atoms with E-state index in [2.05, 4.69) is 10.2 Å². The topological polar surface area (TPSA) is 49.4 Å². The first kappa shape index (κ1) is 12.9. The Kier molecular flexibility index (Phi) is 3.50. The van der Waals surface area contributed by atoms with E-state index in [4.69, 9.17) is 0 Å². The Morgan fingerprint density at radius 3 is 2.53 bits per heavy atom. The molecule has 3 aliphatic rings. The zero-order valence-electron chi connectivity index (χ0n) is 11.6. The van der Waals surface area contributed by atoms with E-state index in [9.17, 15) is 9.59 Å². The van der Waals surface area contributed by atoms with Crippen LogP contribution in [0.4, 0.5) is 0 Å². The van der Waals surface area contributed by atoms with Gasteiger partial charge >= 0.3 is 0 Å². The smallest absolute Gasteiger partial charge is 0.225 e. The summed E-state index contributed by atoms with van der Waals surface area (Å²) in [4.78, 5) is 25.8. The molecule has 0 unspecified atom stereocenters. The first-order valence-corrected chi connectivity index (χ1v) is 7.74. The molecular formula is C15H24N2O2. The lowest BCUT2D eigenvalue weighted by Gasteiger charge is -2.43. The second kappa shape index (κ2) is 5.14. The maximum atomic E-state index is 12.2. The Morgan fingerprint density at radius 2 is 1.89 bits per heavy atom. The van der Waals surface area contributed by atoms with E-state index in [0.29, 0.717) is 23.7 Å². The maximum Gasteiger partial charge on any atom is 0.225 e. The lowest BCUT2D eigenvalue weighted by Crippen LogP contribution is -2.46. The molecule has 3 fully saturated rings. The van der Waals surface area contributed by atoms with Crippen LogP contribution in [-0.4, -0.2) is 36.3 Å². The summed E-state index contributed by atoms with van der Waals surface area (Å²) in [6, 6.07) is 0. The normalized spacial score (nSPS) is 27.6. The minimum absolute atomic E-state index is 0.199. The average molecular weight is 264 g/mol. The third-order valence-electron chi connectivity index (χ3n) is 5.45. The molecule has 2 amide bonds. The van der Waals surface area contributed by atoms with Crippen molar-refractivity contribution in [3.63, 3.8) is 0 Å². The third kappa shape index (κ3) is 2.63. The maximum absolute atomic E-state index is 12.2. The summed E-state index contributed by atoms with van der Waals surface area (Å²) in [5.74, 6) is 0.917. The Labute approximate surface area is 114 Å². The summed E-state index contributed by atoms with van der Waals surface area (Å²) in [5, 5.41) is 2.97. The van der Waals surface area contributed by atoms with E-state index in [1.807, 2.05) is 0 Å². The van der Waals surface area contributed by atoms with Gasteiger partial charge in [-0.05, 0) is 43.9 Å². The zero-order chi connectivity index (χ0) is 13.3. The fourth-order valence-corrected chi connectivity index (χ4v) is 3.67. The number of hydrogen-bond donors (Lipinski definition) is 1. The summed E-state index contributed by atoms with van der Waals surface area (Å²) in [6.07, 6.45) is 8.34. The molecule has 4 nitrogen and oxygen atoms in total. The van der Waals surface area contributed by atoms with Gasteiger partial charge < -0.3 is 10.2 Å². The van der Waals surface area contributed by atoms with Crippen LogP contribution in [0, 0.1) is 11.3 Å². The number of carbonyl (C=O) groups is 2. The minimum Gasteiger partial charge on any atom is -0.356 e. The van der Waals surface area contributed by atoms with Gasteiger partial charge in [0.05, 0.1) is 0 Å². The lowest BCUT2D eigenvalue weighted by atomic mass is 9.72. The van der Waals surface area contributed by atoms with Crippen molar-refractivity contribution >= 4 is 11.8 Å². The molecule has 0 aromatic rings. The summed E-state index contributed by atoms with van der Waals surface area (Å²) < 4.78 is 0. The number of nitrogens with zero attached hydrogens (tertiary/aromatic N) is 1. The third-order valence-corrected chi connectivity index (χ3v) is 5.45. The molecule has 3 rings (SSSR count). The highest BCUT2D eigenvalue weighted by atomic mass is 16.2. The highest BCUT2D eigenvalue weighted by Crippen LogP contribution is 2.41. The van der Waals surface area contributed by atoms with E-state index in [1.54, 1.807) is 0 Å². The van der Waals surface area contributed by atoms with Crippen LogP contribution in [0.2, 0.25) is 0 Å². The van der Waals surface area contributed by atoms with Crippen LogP contribution in [0.1, 0.15) is 51.4 Å². The molecule has 1 N–H and O–H groups in total. The first-order chi connectivity index (χ1) is 9.19. The van der Waals surface area contributed by atoms with Gasteiger partial charge in [0.1, 0.15) is 0 Å². The molecule has 4 heteroatoms. The molecule has 1 saturated carbocycles. The van der Waals surface area contributed by atoms with Gasteiger partial charge in [0.15, 0.2) is 0 Å². The SMILES string of the molecule is O=C1CCC2(CCN1)CCN(C(=O)C1CCC1)CC2. The number of amides is 2. The molecular weight excluding hydrogens is 240 g/mol. The number of likely N-dealkylation sites (tertiary alicyclic amines) is 1. The molecule has 1 aliphatic carbocycles. The Bertz CT molecular complexity index is 368. The molecule has 106 valence electrons. The van der Waals surface area contributed by atoms with Crippen molar-refractivity contribution in [2.24, 2.45) is 11.3 Å². The molecule has 2 saturated heterocycles. The second-order valence-electron chi connectivity index (χ2n) is 6.55. The van der Waals surface area contributed by atoms with Crippen LogP contribution in [0.25, 0.3) is 0 Å². The highest BCUT2D eigenvalue weighted by molar-refractivity contribution is 5.79. The molecule has 0 bridgehead atoms. The zero-order valence-corrected chi connectivity index (χ0v) is 11.6. The van der Waals surface area contributed by atoms with Crippen molar-refractivity contribution in [1.82, 2.24) is 10.2 Å². The molecule has 0 aromatic carbocycles. The van der Waals surface area contributed by atoms with Gasteiger partial charge in [-0.1, -0.05) is 6.42 Å². The first-order valence-electron chi connectivity index (χ1n) is 7.74. The van der Waals surface area contributed by atoms with Crippen LogP contribution in [0.5, 0.6) is 0 Å². The summed E-state index contributed by atoms with van der Waals surface area (Å²) in [6.45, 7) is 2.63. The van der Waals surface area contributed by atoms with Crippen molar-refractivity contribution < 1.29 is 9.59 Å². The van der Waals surface area contributed by atoms with E-state index in [0.717, 1.165) is 58.2 Å². The van der Waals surface area contributed by atoms with Crippen LogP contribution in [0.3, 0.4) is 0 Å². The van der Waals surface area contributed by atoms with Crippen molar-refractivity contribution in [3.8, 4) is 0 Å². The molecule has 0 atom stereocenters. The van der Waals surface area contributed by atoms with Gasteiger partial charge in [-0.25, -0.2) is 0 Å². The minimum atomic E-state index is 0.199. The van der Waals surface area contributed by atoms with E-state index >= 15 is 0 Å². The molecule has 2 aliphatic heterocycles. The number of hydrogen-bond acceptors (Lipinski definition) is 2. The van der Waals surface area contributed by atoms with Gasteiger partial charge in [-0.15, -0.1) is 0 Å². The van der Waals surface area contributed by atoms with Crippen molar-refractivity contribution in [2.75, 3.05) is 19.6 Å². The number of carbonyl (C=O) groups excluding carboxylic acids is 2. The van der Waals surface area contributed by atoms with Gasteiger partial charge in [0.2, 0.25) is 11.8 Å². The van der Waals surface area contributed by atoms with Gasteiger partial charge in [0.25, 0.3) is 0 Å². The number of piperidine rings is 1. The number of nitrogens with one attached hydrogen (secondary N) is 1. The Balaban J connectivity index is 1.56. The van der Waals surface area contributed by atoms with E-state index < -0.39 is 0 Å². The summed E-state index contributed by atoms with van der Waals surface area (Å²) in [5.41, 5.74) is 0.315. The second-order valence-corrected chi connectivity index (χ2v) is 6.55. The number of rotatable bonds is 1. The Hall–Kier alpha value is -1.06. The predicted octanol–water partition coefficient (Wildman–Crippen LogP) is 1.70. The average Bonchev–Trinajstić information content (AvgIpc) is 2.51. The van der Waals surface area contributed by atoms with E-state index in [-0.39, 0.29) is 5.91 Å². The van der Waals surface area contributed by atoms with E-state index in [1.165, 1.54) is 6.42 Å². The van der Waals surface area contributed by atoms with Crippen LogP contribution in [-0.2, 0) is 9.59 Å². The van der Waals surface area contributed by atoms with Gasteiger partial charge in [-0.2, -0.15) is 0 Å². The monoisotopic (exact) mass is 264 g/mol. The van der Waals surface area contributed by atoms with Crippen LogP contribution < -0.4 is 5.32 Å². The summed E-state index contributed by atoms with van der Waals surface area (Å²) >= 11 is 0. The molecule has 19 heavy (non-hydrogen) atoms. The molecule has 0 radical (unpaired) electrons. The van der Waals surface area contributed by atoms with Gasteiger partial charge in [-0.3, -0.25) is 9.59 Å². The fraction of sp³-hybridized carbons (Fsp3) is 0.867. The largest absolute Gasteiger partial charge is 0.356 e. The van der Waals surface area contributed by atoms with Crippen molar-refractivity contribution in [3.05, 3.63) is 0 Å². The predicted molar refractivity (Wildman–Crippen MR) is 72.4 cm³/mol. The van der Waals surface area contributed by atoms with Gasteiger partial charge in [0, 0.05) is 32.0 Å². The Morgan fingerprint density at radius 1 is 1.16 bits per heavy atom. The lowest BCUT2D eigenvalue weighted by molar-refractivity contribution is -0.140. The quantitative estimate of drug-likeness (QED) is 0.783. The van der Waals surface area contributed by atoms with Crippen molar-refractivity contribution in [2.45, 2.75) is 51.4 Å². The molecule has 0 aromatic heterocycles. The standard InChI is InChI=1S/C15H24N2O2/c18-13-4-5-15(6-9-16-13)7-10-17(11-8-15)14(19)12-2-1-3-12/h12H,1-11H2,(H,16,18). The molecule has 1 spiro atoms. The van der Waals surface area contributed by atoms with Crippen LogP contribution in [0.15, 0.2) is 0 Å². The molecule has 2 heterocycles.